The Bertz CT molecular complexity index is 669. The summed E-state index contributed by atoms with van der Waals surface area (Å²) in [7, 11) is 1.32. The van der Waals surface area contributed by atoms with Crippen LogP contribution in [0.3, 0.4) is 0 Å². The van der Waals surface area contributed by atoms with E-state index in [9.17, 15) is 14.4 Å². The van der Waals surface area contributed by atoms with Crippen molar-refractivity contribution in [3.63, 3.8) is 0 Å². The molecule has 1 atom stereocenters. The van der Waals surface area contributed by atoms with Crippen molar-refractivity contribution >= 4 is 23.7 Å². The Morgan fingerprint density at radius 2 is 2.08 bits per heavy atom. The van der Waals surface area contributed by atoms with Crippen molar-refractivity contribution in [2.24, 2.45) is 5.92 Å². The number of hydrogen-bond acceptors (Lipinski definition) is 5. The first-order chi connectivity index (χ1) is 11.6. The molecule has 1 unspecified atom stereocenters. The third kappa shape index (κ3) is 3.84. The van der Waals surface area contributed by atoms with Crippen LogP contribution in [0.15, 0.2) is 18.2 Å². The maximum absolute atomic E-state index is 12.3. The molecule has 0 bridgehead atoms. The summed E-state index contributed by atoms with van der Waals surface area (Å²) in [5.74, 6) is -0.241. The number of nitrogens with one attached hydrogen (secondary N) is 2. The second kappa shape index (κ2) is 6.90. The van der Waals surface area contributed by atoms with E-state index < -0.39 is 18.1 Å². The van der Waals surface area contributed by atoms with Crippen LogP contribution in [-0.2, 0) is 20.7 Å². The lowest BCUT2D eigenvalue weighted by atomic mass is 10.0. The number of esters is 1. The van der Waals surface area contributed by atoms with Crippen molar-refractivity contribution in [3.8, 4) is 0 Å². The van der Waals surface area contributed by atoms with Crippen molar-refractivity contribution in [1.29, 1.82) is 0 Å². The molecule has 128 valence electrons. The molecule has 2 aliphatic rings. The average molecular weight is 332 g/mol. The smallest absolute Gasteiger partial charge is 0.407 e. The lowest BCUT2D eigenvalue weighted by Crippen LogP contribution is -2.43. The first-order valence-corrected chi connectivity index (χ1v) is 8.02. The number of alkyl carbamates (subject to hydrolysis) is 1. The first-order valence-electron chi connectivity index (χ1n) is 8.02. The number of ether oxygens (including phenoxy) is 2. The zero-order chi connectivity index (χ0) is 17.1. The molecule has 3 rings (SSSR count). The van der Waals surface area contributed by atoms with Crippen LogP contribution in [0.25, 0.3) is 0 Å². The third-order valence-corrected chi connectivity index (χ3v) is 4.24. The maximum atomic E-state index is 12.3. The minimum Gasteiger partial charge on any atom is -0.465 e. The lowest BCUT2D eigenvalue weighted by molar-refractivity contribution is -0.118. The molecule has 1 aliphatic carbocycles. The van der Waals surface area contributed by atoms with Crippen molar-refractivity contribution in [3.05, 3.63) is 29.3 Å². The predicted octanol–water partition coefficient (Wildman–Crippen LogP) is 1.86. The Labute approximate surface area is 139 Å². The second-order valence-electron chi connectivity index (χ2n) is 6.13. The molecule has 1 heterocycles. The summed E-state index contributed by atoms with van der Waals surface area (Å²) in [6.07, 6.45) is 2.60. The Morgan fingerprint density at radius 1 is 1.29 bits per heavy atom. The van der Waals surface area contributed by atoms with E-state index in [1.54, 1.807) is 18.2 Å². The molecule has 0 saturated heterocycles. The van der Waals surface area contributed by atoms with Crippen LogP contribution in [-0.4, -0.2) is 37.7 Å². The Morgan fingerprint density at radius 3 is 2.79 bits per heavy atom. The number of anilines is 1. The van der Waals surface area contributed by atoms with Crippen molar-refractivity contribution < 1.29 is 23.9 Å². The summed E-state index contributed by atoms with van der Waals surface area (Å²) < 4.78 is 9.81. The van der Waals surface area contributed by atoms with Gasteiger partial charge in [-0.25, -0.2) is 9.59 Å². The van der Waals surface area contributed by atoms with Gasteiger partial charge in [0, 0.05) is 5.69 Å². The Hall–Kier alpha value is -2.57. The molecule has 1 fully saturated rings. The highest BCUT2D eigenvalue weighted by molar-refractivity contribution is 5.98. The summed E-state index contributed by atoms with van der Waals surface area (Å²) >= 11 is 0. The zero-order valence-corrected chi connectivity index (χ0v) is 13.5. The van der Waals surface area contributed by atoms with E-state index in [4.69, 9.17) is 9.47 Å². The van der Waals surface area contributed by atoms with E-state index in [-0.39, 0.29) is 5.91 Å². The van der Waals surface area contributed by atoms with E-state index in [0.717, 1.165) is 18.4 Å². The molecule has 1 aromatic rings. The molecule has 1 aliphatic heterocycles. The van der Waals surface area contributed by atoms with Crippen molar-refractivity contribution in [2.75, 3.05) is 19.0 Å². The highest BCUT2D eigenvalue weighted by Gasteiger charge is 2.28. The number of amides is 2. The third-order valence-electron chi connectivity index (χ3n) is 4.24. The molecule has 0 spiro atoms. The number of aryl methyl sites for hydroxylation is 1. The van der Waals surface area contributed by atoms with Crippen LogP contribution in [0.4, 0.5) is 10.5 Å². The van der Waals surface area contributed by atoms with E-state index in [2.05, 4.69) is 10.6 Å². The molecular formula is C17H20N2O5. The van der Waals surface area contributed by atoms with Crippen LogP contribution in [0.5, 0.6) is 0 Å². The summed E-state index contributed by atoms with van der Waals surface area (Å²) in [4.78, 5) is 35.7. The Balaban J connectivity index is 1.63. The lowest BCUT2D eigenvalue weighted by Gasteiger charge is -2.15. The molecule has 24 heavy (non-hydrogen) atoms. The van der Waals surface area contributed by atoms with Crippen LogP contribution in [0.2, 0.25) is 0 Å². The Kier molecular flexibility index (Phi) is 4.69. The molecule has 7 heteroatoms. The van der Waals surface area contributed by atoms with Gasteiger partial charge in [-0.2, -0.15) is 0 Å². The number of methoxy groups -OCH3 is 1. The first kappa shape index (κ1) is 16.3. The zero-order valence-electron chi connectivity index (χ0n) is 13.5. The number of carbonyl (C=O) groups is 3. The van der Waals surface area contributed by atoms with E-state index >= 15 is 0 Å². The summed E-state index contributed by atoms with van der Waals surface area (Å²) in [6, 6.07) is 4.32. The fourth-order valence-corrected chi connectivity index (χ4v) is 2.62. The largest absolute Gasteiger partial charge is 0.465 e. The topological polar surface area (TPSA) is 93.7 Å². The van der Waals surface area contributed by atoms with Gasteiger partial charge in [0.1, 0.15) is 6.04 Å². The fourth-order valence-electron chi connectivity index (χ4n) is 2.62. The number of benzene rings is 1. The van der Waals surface area contributed by atoms with Crippen molar-refractivity contribution in [1.82, 2.24) is 5.32 Å². The number of carbonyl (C=O) groups excluding carboxylic acids is 3. The van der Waals surface area contributed by atoms with Gasteiger partial charge in [-0.1, -0.05) is 0 Å². The monoisotopic (exact) mass is 332 g/mol. The predicted molar refractivity (Wildman–Crippen MR) is 85.7 cm³/mol. The molecule has 1 aromatic carbocycles. The number of hydrogen-bond donors (Lipinski definition) is 2. The van der Waals surface area contributed by atoms with Gasteiger partial charge in [0.15, 0.2) is 0 Å². The molecule has 1 saturated carbocycles. The van der Waals surface area contributed by atoms with Gasteiger partial charge >= 0.3 is 12.1 Å². The van der Waals surface area contributed by atoms with Gasteiger partial charge < -0.3 is 20.1 Å². The van der Waals surface area contributed by atoms with E-state index in [1.165, 1.54) is 7.11 Å². The molecule has 0 radical (unpaired) electrons. The van der Waals surface area contributed by atoms with Crippen LogP contribution < -0.4 is 10.6 Å². The van der Waals surface area contributed by atoms with Gasteiger partial charge in [0.25, 0.3) is 0 Å². The maximum Gasteiger partial charge on any atom is 0.407 e. The molecular weight excluding hydrogens is 312 g/mol. The minimum atomic E-state index is -0.661. The highest BCUT2D eigenvalue weighted by atomic mass is 16.5. The van der Waals surface area contributed by atoms with Gasteiger partial charge in [0.05, 0.1) is 19.3 Å². The molecule has 2 N–H and O–H groups in total. The van der Waals surface area contributed by atoms with Gasteiger partial charge in [-0.15, -0.1) is 0 Å². The normalized spacial score (nSPS) is 19.5. The summed E-state index contributed by atoms with van der Waals surface area (Å²) in [6.45, 7) is 0.406. The van der Waals surface area contributed by atoms with Crippen molar-refractivity contribution in [2.45, 2.75) is 31.7 Å². The quantitative estimate of drug-likeness (QED) is 0.821. The highest BCUT2D eigenvalue weighted by Crippen LogP contribution is 2.29. The van der Waals surface area contributed by atoms with Gasteiger partial charge in [0.2, 0.25) is 5.91 Å². The summed E-state index contributed by atoms with van der Waals surface area (Å²) in [5, 5.41) is 5.39. The minimum absolute atomic E-state index is 0.289. The molecule has 2 amide bonds. The SMILES string of the molecule is COC(=O)c1ccc2c(c1)CCC(NC(=O)OCC1CC1)C(=O)N2. The van der Waals surface area contributed by atoms with Crippen LogP contribution in [0, 0.1) is 5.92 Å². The molecule has 7 nitrogen and oxygen atoms in total. The number of fused-ring (bicyclic) bond motifs is 1. The second-order valence-corrected chi connectivity index (χ2v) is 6.13. The summed E-state index contributed by atoms with van der Waals surface area (Å²) in [5.41, 5.74) is 1.91. The van der Waals surface area contributed by atoms with Gasteiger partial charge in [-0.3, -0.25) is 4.79 Å². The van der Waals surface area contributed by atoms with Gasteiger partial charge in [-0.05, 0) is 55.4 Å². The standard InChI is InChI=1S/C17H20N2O5/c1-23-16(21)12-5-6-13-11(8-12)4-7-14(15(20)18-13)19-17(22)24-9-10-2-3-10/h5-6,8,10,14H,2-4,7,9H2,1H3,(H,18,20)(H,19,22). The van der Waals surface area contributed by atoms with E-state index in [1.807, 2.05) is 0 Å². The number of rotatable bonds is 4. The van der Waals surface area contributed by atoms with E-state index in [0.29, 0.717) is 36.6 Å². The van der Waals surface area contributed by atoms with Crippen LogP contribution in [0.1, 0.15) is 35.2 Å². The molecule has 0 aromatic heterocycles. The fraction of sp³-hybridized carbons (Fsp3) is 0.471. The van der Waals surface area contributed by atoms with Crippen LogP contribution >= 0.6 is 0 Å². The average Bonchev–Trinajstić information content (AvgIpc) is 3.41.